The Balaban J connectivity index is 2.08. The van der Waals surface area contributed by atoms with E-state index >= 15 is 0 Å². The minimum absolute atomic E-state index is 0.0849. The first-order valence-electron chi connectivity index (χ1n) is 5.13. The number of ether oxygens (including phenoxy) is 2. The maximum atomic E-state index is 12.0. The average molecular weight is 247 g/mol. The lowest BCUT2D eigenvalue weighted by molar-refractivity contribution is -0.153. The lowest BCUT2D eigenvalue weighted by atomic mass is 10.1. The van der Waals surface area contributed by atoms with Crippen LogP contribution >= 0.6 is 0 Å². The summed E-state index contributed by atoms with van der Waals surface area (Å²) in [5.41, 5.74) is 0.937. The third kappa shape index (κ3) is 2.82. The van der Waals surface area contributed by atoms with Crippen molar-refractivity contribution in [1.29, 1.82) is 0 Å². The fourth-order valence-electron chi connectivity index (χ4n) is 1.68. The molecule has 0 amide bonds. The van der Waals surface area contributed by atoms with Crippen LogP contribution in [0.2, 0.25) is 0 Å². The molecular formula is C11H12F3NO2. The van der Waals surface area contributed by atoms with Crippen LogP contribution in [0.3, 0.4) is 0 Å². The molecule has 1 atom stereocenters. The zero-order valence-corrected chi connectivity index (χ0v) is 9.17. The molecule has 1 aliphatic rings. The van der Waals surface area contributed by atoms with Crippen LogP contribution in [0.4, 0.5) is 13.2 Å². The molecule has 0 bridgehead atoms. The van der Waals surface area contributed by atoms with E-state index in [0.717, 1.165) is 5.56 Å². The Labute approximate surface area is 96.5 Å². The maximum Gasteiger partial charge on any atom is 0.422 e. The number of hydrogen-bond acceptors (Lipinski definition) is 3. The predicted molar refractivity (Wildman–Crippen MR) is 55.3 cm³/mol. The summed E-state index contributed by atoms with van der Waals surface area (Å²) in [5, 5.41) is 3.05. The summed E-state index contributed by atoms with van der Waals surface area (Å²) in [6.07, 6.45) is -4.33. The van der Waals surface area contributed by atoms with Gasteiger partial charge in [0.2, 0.25) is 0 Å². The number of hydrogen-bond donors (Lipinski definition) is 1. The Morgan fingerprint density at radius 2 is 2.24 bits per heavy atom. The van der Waals surface area contributed by atoms with Gasteiger partial charge in [0.15, 0.2) is 6.61 Å². The second kappa shape index (κ2) is 4.44. The molecule has 2 rings (SSSR count). The first-order chi connectivity index (χ1) is 7.99. The summed E-state index contributed by atoms with van der Waals surface area (Å²) in [6, 6.07) is 4.80. The summed E-state index contributed by atoms with van der Waals surface area (Å²) in [7, 11) is 1.80. The van der Waals surface area contributed by atoms with Gasteiger partial charge in [0, 0.05) is 11.6 Å². The van der Waals surface area contributed by atoms with Crippen LogP contribution in [-0.2, 0) is 0 Å². The molecule has 0 saturated heterocycles. The monoisotopic (exact) mass is 247 g/mol. The summed E-state index contributed by atoms with van der Waals surface area (Å²) < 4.78 is 45.9. The first kappa shape index (κ1) is 12.0. The molecule has 0 saturated carbocycles. The van der Waals surface area contributed by atoms with Crippen molar-refractivity contribution in [2.45, 2.75) is 12.2 Å². The number of nitrogens with one attached hydrogen (secondary N) is 1. The maximum absolute atomic E-state index is 12.0. The van der Waals surface area contributed by atoms with Gasteiger partial charge >= 0.3 is 6.18 Å². The van der Waals surface area contributed by atoms with Crippen LogP contribution < -0.4 is 14.8 Å². The van der Waals surface area contributed by atoms with E-state index in [1.165, 1.54) is 12.1 Å². The molecule has 0 radical (unpaired) electrons. The third-order valence-electron chi connectivity index (χ3n) is 2.52. The molecule has 0 spiro atoms. The zero-order chi connectivity index (χ0) is 12.5. The van der Waals surface area contributed by atoms with Crippen molar-refractivity contribution in [3.8, 4) is 11.5 Å². The van der Waals surface area contributed by atoms with E-state index in [4.69, 9.17) is 4.74 Å². The van der Waals surface area contributed by atoms with Gasteiger partial charge in [-0.25, -0.2) is 0 Å². The number of fused-ring (bicyclic) bond motifs is 1. The molecule has 94 valence electrons. The number of benzene rings is 1. The van der Waals surface area contributed by atoms with Crippen molar-refractivity contribution in [2.75, 3.05) is 20.3 Å². The van der Waals surface area contributed by atoms with E-state index in [1.807, 2.05) is 0 Å². The molecule has 1 aromatic carbocycles. The lowest BCUT2D eigenvalue weighted by Gasteiger charge is -2.10. The standard InChI is InChI=1S/C11H12F3NO2/c1-15-9-5-16-10-4-7(2-3-8(9)10)17-6-11(12,13)14/h2-4,9,15H,5-6H2,1H3. The molecular weight excluding hydrogens is 235 g/mol. The van der Waals surface area contributed by atoms with Gasteiger partial charge in [0.25, 0.3) is 0 Å². The van der Waals surface area contributed by atoms with Crippen LogP contribution in [0.1, 0.15) is 11.6 Å². The first-order valence-corrected chi connectivity index (χ1v) is 5.13. The van der Waals surface area contributed by atoms with Gasteiger partial charge in [0.05, 0.1) is 6.04 Å². The fraction of sp³-hybridized carbons (Fsp3) is 0.455. The highest BCUT2D eigenvalue weighted by molar-refractivity contribution is 5.44. The van der Waals surface area contributed by atoms with Crippen molar-refractivity contribution in [2.24, 2.45) is 0 Å². The van der Waals surface area contributed by atoms with Crippen LogP contribution in [0, 0.1) is 0 Å². The van der Waals surface area contributed by atoms with Crippen molar-refractivity contribution < 1.29 is 22.6 Å². The molecule has 0 fully saturated rings. The van der Waals surface area contributed by atoms with E-state index in [-0.39, 0.29) is 11.8 Å². The smallest absolute Gasteiger partial charge is 0.422 e. The molecule has 6 heteroatoms. The normalized spacial score (nSPS) is 18.7. The Morgan fingerprint density at radius 1 is 1.47 bits per heavy atom. The Morgan fingerprint density at radius 3 is 2.88 bits per heavy atom. The van der Waals surface area contributed by atoms with Gasteiger partial charge in [0.1, 0.15) is 18.1 Å². The molecule has 17 heavy (non-hydrogen) atoms. The quantitative estimate of drug-likeness (QED) is 0.888. The molecule has 1 aliphatic heterocycles. The van der Waals surface area contributed by atoms with Gasteiger partial charge in [-0.3, -0.25) is 0 Å². The Bertz CT molecular complexity index is 406. The number of likely N-dealkylation sites (N-methyl/N-ethyl adjacent to an activating group) is 1. The second-order valence-electron chi connectivity index (χ2n) is 3.76. The largest absolute Gasteiger partial charge is 0.491 e. The van der Waals surface area contributed by atoms with Crippen molar-refractivity contribution in [3.63, 3.8) is 0 Å². The highest BCUT2D eigenvalue weighted by Crippen LogP contribution is 2.35. The second-order valence-corrected chi connectivity index (χ2v) is 3.76. The summed E-state index contributed by atoms with van der Waals surface area (Å²) in [5.74, 6) is 0.738. The van der Waals surface area contributed by atoms with Crippen LogP contribution in [0.5, 0.6) is 11.5 Å². The molecule has 3 nitrogen and oxygen atoms in total. The summed E-state index contributed by atoms with van der Waals surface area (Å²) in [4.78, 5) is 0. The molecule has 0 aromatic heterocycles. The third-order valence-corrected chi connectivity index (χ3v) is 2.52. The number of rotatable bonds is 3. The minimum atomic E-state index is -4.33. The predicted octanol–water partition coefficient (Wildman–Crippen LogP) is 2.28. The van der Waals surface area contributed by atoms with Crippen LogP contribution in [0.15, 0.2) is 18.2 Å². The summed E-state index contributed by atoms with van der Waals surface area (Å²) >= 11 is 0. The van der Waals surface area contributed by atoms with Crippen molar-refractivity contribution >= 4 is 0 Å². The number of halogens is 3. The van der Waals surface area contributed by atoms with Gasteiger partial charge in [-0.15, -0.1) is 0 Å². The van der Waals surface area contributed by atoms with Crippen molar-refractivity contribution in [3.05, 3.63) is 23.8 Å². The molecule has 1 unspecified atom stereocenters. The molecule has 0 aliphatic carbocycles. The lowest BCUT2D eigenvalue weighted by Crippen LogP contribution is -2.19. The van der Waals surface area contributed by atoms with Crippen molar-refractivity contribution in [1.82, 2.24) is 5.32 Å². The van der Waals surface area contributed by atoms with E-state index in [1.54, 1.807) is 13.1 Å². The average Bonchev–Trinajstić information content (AvgIpc) is 2.67. The summed E-state index contributed by atoms with van der Waals surface area (Å²) in [6.45, 7) is -0.810. The fourth-order valence-corrected chi connectivity index (χ4v) is 1.68. The molecule has 1 N–H and O–H groups in total. The SMILES string of the molecule is CNC1COc2cc(OCC(F)(F)F)ccc21. The van der Waals surface area contributed by atoms with E-state index < -0.39 is 12.8 Å². The Hall–Kier alpha value is -1.43. The van der Waals surface area contributed by atoms with E-state index in [2.05, 4.69) is 10.1 Å². The van der Waals surface area contributed by atoms with Gasteiger partial charge in [-0.05, 0) is 19.2 Å². The van der Waals surface area contributed by atoms with E-state index in [9.17, 15) is 13.2 Å². The van der Waals surface area contributed by atoms with Gasteiger partial charge in [-0.1, -0.05) is 0 Å². The van der Waals surface area contributed by atoms with E-state index in [0.29, 0.717) is 12.4 Å². The molecule has 1 heterocycles. The number of alkyl halides is 3. The highest BCUT2D eigenvalue weighted by atomic mass is 19.4. The van der Waals surface area contributed by atoms with Gasteiger partial charge in [-0.2, -0.15) is 13.2 Å². The van der Waals surface area contributed by atoms with Crippen LogP contribution in [-0.4, -0.2) is 26.4 Å². The highest BCUT2D eigenvalue weighted by Gasteiger charge is 2.29. The van der Waals surface area contributed by atoms with Gasteiger partial charge < -0.3 is 14.8 Å². The minimum Gasteiger partial charge on any atom is -0.491 e. The topological polar surface area (TPSA) is 30.5 Å². The molecule has 1 aromatic rings. The zero-order valence-electron chi connectivity index (χ0n) is 9.17. The Kier molecular flexibility index (Phi) is 3.15. The van der Waals surface area contributed by atoms with Crippen LogP contribution in [0.25, 0.3) is 0 Å².